The summed E-state index contributed by atoms with van der Waals surface area (Å²) in [4.78, 5) is 2.46. The van der Waals surface area contributed by atoms with Crippen LogP contribution in [0.2, 0.25) is 0 Å². The summed E-state index contributed by atoms with van der Waals surface area (Å²) in [5, 5.41) is 13.3. The van der Waals surface area contributed by atoms with Crippen LogP contribution < -0.4 is 10.1 Å². The first-order chi connectivity index (χ1) is 10.5. The Morgan fingerprint density at radius 3 is 2.57 bits per heavy atom. The highest BCUT2D eigenvalue weighted by atomic mass is 79.9. The number of halogens is 2. The maximum Gasteiger partial charge on any atom is 0.124 e. The van der Waals surface area contributed by atoms with Crippen LogP contribution in [0.15, 0.2) is 22.7 Å². The summed E-state index contributed by atoms with van der Waals surface area (Å²) >= 11 is 3.58. The van der Waals surface area contributed by atoms with Gasteiger partial charge in [-0.2, -0.15) is 0 Å². The summed E-state index contributed by atoms with van der Waals surface area (Å²) in [5.74, 6) is 0.913. The van der Waals surface area contributed by atoms with E-state index >= 15 is 0 Å². The Morgan fingerprint density at radius 1 is 1.35 bits per heavy atom. The van der Waals surface area contributed by atoms with E-state index in [1.54, 1.807) is 0 Å². The van der Waals surface area contributed by atoms with Crippen molar-refractivity contribution in [2.24, 2.45) is 5.41 Å². The molecule has 0 bridgehead atoms. The zero-order valence-corrected chi connectivity index (χ0v) is 16.5. The third-order valence-electron chi connectivity index (χ3n) is 4.23. The minimum Gasteiger partial charge on any atom is -0.494 e. The van der Waals surface area contributed by atoms with Gasteiger partial charge < -0.3 is 15.2 Å². The first kappa shape index (κ1) is 20.7. The van der Waals surface area contributed by atoms with Crippen molar-refractivity contribution in [2.45, 2.75) is 26.8 Å². The largest absolute Gasteiger partial charge is 0.494 e. The van der Waals surface area contributed by atoms with Gasteiger partial charge in [0.25, 0.3) is 0 Å². The van der Waals surface area contributed by atoms with Crippen LogP contribution in [0.1, 0.15) is 32.4 Å². The van der Waals surface area contributed by atoms with Crippen LogP contribution in [0.25, 0.3) is 0 Å². The molecule has 2 rings (SSSR count). The standard InChI is InChI=1S/C17H27BrN2O2.ClH/c1-4-22-15-6-5-13(18)11-14(15)16(17(2,3)12-21)20-9-7-19-8-10-20;/h5-6,11,16,19,21H,4,7-10,12H2,1-3H3;1H/t16-;/m1./s1. The van der Waals surface area contributed by atoms with Crippen molar-refractivity contribution in [3.8, 4) is 5.75 Å². The number of piperazine rings is 1. The average Bonchev–Trinajstić information content (AvgIpc) is 2.51. The molecule has 0 radical (unpaired) electrons. The second-order valence-corrected chi connectivity index (χ2v) is 7.37. The fraction of sp³-hybridized carbons (Fsp3) is 0.647. The fourth-order valence-corrected chi connectivity index (χ4v) is 3.54. The van der Waals surface area contributed by atoms with E-state index in [4.69, 9.17) is 4.74 Å². The molecule has 2 N–H and O–H groups in total. The predicted molar refractivity (Wildman–Crippen MR) is 101 cm³/mol. The first-order valence-corrected chi connectivity index (χ1v) is 8.76. The molecule has 1 aromatic rings. The maximum absolute atomic E-state index is 9.95. The van der Waals surface area contributed by atoms with Crippen LogP contribution in [0.5, 0.6) is 5.75 Å². The van der Waals surface area contributed by atoms with E-state index in [0.717, 1.165) is 42.0 Å². The molecule has 0 amide bonds. The molecule has 0 unspecified atom stereocenters. The summed E-state index contributed by atoms with van der Waals surface area (Å²) in [6, 6.07) is 6.29. The molecule has 1 aliphatic heterocycles. The summed E-state index contributed by atoms with van der Waals surface area (Å²) in [7, 11) is 0. The lowest BCUT2D eigenvalue weighted by Crippen LogP contribution is -2.49. The molecule has 132 valence electrons. The van der Waals surface area contributed by atoms with Gasteiger partial charge in [-0.05, 0) is 25.1 Å². The second kappa shape index (κ2) is 9.23. The zero-order chi connectivity index (χ0) is 16.2. The highest BCUT2D eigenvalue weighted by molar-refractivity contribution is 9.10. The van der Waals surface area contributed by atoms with E-state index in [1.807, 2.05) is 19.1 Å². The van der Waals surface area contributed by atoms with Crippen molar-refractivity contribution < 1.29 is 9.84 Å². The van der Waals surface area contributed by atoms with Gasteiger partial charge in [0.05, 0.1) is 6.61 Å². The quantitative estimate of drug-likeness (QED) is 0.760. The van der Waals surface area contributed by atoms with E-state index in [9.17, 15) is 5.11 Å². The Morgan fingerprint density at radius 2 is 2.00 bits per heavy atom. The van der Waals surface area contributed by atoms with Crippen molar-refractivity contribution in [1.29, 1.82) is 0 Å². The number of nitrogens with one attached hydrogen (secondary N) is 1. The monoisotopic (exact) mass is 406 g/mol. The average molecular weight is 408 g/mol. The van der Waals surface area contributed by atoms with Gasteiger partial charge in [-0.1, -0.05) is 29.8 Å². The molecule has 0 spiro atoms. The molecule has 1 saturated heterocycles. The van der Waals surface area contributed by atoms with E-state index in [2.05, 4.69) is 46.1 Å². The van der Waals surface area contributed by atoms with Crippen LogP contribution in [0.4, 0.5) is 0 Å². The molecular weight excluding hydrogens is 380 g/mol. The topological polar surface area (TPSA) is 44.7 Å². The molecule has 4 nitrogen and oxygen atoms in total. The maximum atomic E-state index is 9.95. The predicted octanol–water partition coefficient (Wildman–Crippen LogP) is 3.23. The highest BCUT2D eigenvalue weighted by Gasteiger charge is 2.37. The van der Waals surface area contributed by atoms with Crippen molar-refractivity contribution >= 4 is 28.3 Å². The first-order valence-electron chi connectivity index (χ1n) is 7.97. The summed E-state index contributed by atoms with van der Waals surface area (Å²) in [5.41, 5.74) is 0.904. The normalized spacial score (nSPS) is 17.4. The molecule has 1 fully saturated rings. The van der Waals surface area contributed by atoms with Gasteiger partial charge in [-0.3, -0.25) is 4.90 Å². The number of nitrogens with zero attached hydrogens (tertiary/aromatic N) is 1. The van der Waals surface area contributed by atoms with Crippen molar-refractivity contribution in [3.63, 3.8) is 0 Å². The van der Waals surface area contributed by atoms with E-state index in [-0.39, 0.29) is 30.5 Å². The van der Waals surface area contributed by atoms with E-state index < -0.39 is 0 Å². The number of benzene rings is 1. The molecule has 6 heteroatoms. The third-order valence-corrected chi connectivity index (χ3v) is 4.72. The molecule has 1 aliphatic rings. The SMILES string of the molecule is CCOc1ccc(Br)cc1[C@@H](N1CCNCC1)C(C)(C)CO.Cl. The van der Waals surface area contributed by atoms with Gasteiger partial charge in [0.2, 0.25) is 0 Å². The van der Waals surface area contributed by atoms with Crippen LogP contribution >= 0.6 is 28.3 Å². The van der Waals surface area contributed by atoms with Crippen molar-refractivity contribution in [3.05, 3.63) is 28.2 Å². The van der Waals surface area contributed by atoms with Gasteiger partial charge in [-0.25, -0.2) is 0 Å². The van der Waals surface area contributed by atoms with Gasteiger partial charge in [0.1, 0.15) is 5.75 Å². The highest BCUT2D eigenvalue weighted by Crippen LogP contribution is 2.43. The molecule has 1 heterocycles. The van der Waals surface area contributed by atoms with Crippen LogP contribution in [-0.2, 0) is 0 Å². The Hall–Kier alpha value is -0.330. The lowest BCUT2D eigenvalue weighted by atomic mass is 9.79. The molecule has 23 heavy (non-hydrogen) atoms. The van der Waals surface area contributed by atoms with Crippen molar-refractivity contribution in [1.82, 2.24) is 10.2 Å². The number of aliphatic hydroxyl groups is 1. The van der Waals surface area contributed by atoms with Crippen LogP contribution in [0, 0.1) is 5.41 Å². The Labute approximate surface area is 154 Å². The second-order valence-electron chi connectivity index (χ2n) is 6.45. The third kappa shape index (κ3) is 5.07. The van der Waals surface area contributed by atoms with Crippen LogP contribution in [0.3, 0.4) is 0 Å². The summed E-state index contributed by atoms with van der Waals surface area (Å²) in [6.07, 6.45) is 0. The molecule has 0 aliphatic carbocycles. The van der Waals surface area contributed by atoms with E-state index in [1.165, 1.54) is 0 Å². The van der Waals surface area contributed by atoms with Gasteiger partial charge in [0.15, 0.2) is 0 Å². The zero-order valence-electron chi connectivity index (χ0n) is 14.1. The minimum absolute atomic E-state index is 0. The fourth-order valence-electron chi connectivity index (χ4n) is 3.16. The Kier molecular flexibility index (Phi) is 8.31. The molecule has 1 atom stereocenters. The van der Waals surface area contributed by atoms with Crippen molar-refractivity contribution in [2.75, 3.05) is 39.4 Å². The van der Waals surface area contributed by atoms with E-state index in [0.29, 0.717) is 6.61 Å². The lowest BCUT2D eigenvalue weighted by Gasteiger charge is -2.44. The minimum atomic E-state index is -0.246. The number of aliphatic hydroxyl groups excluding tert-OH is 1. The Balaban J connectivity index is 0.00000264. The molecule has 1 aromatic carbocycles. The number of ether oxygens (including phenoxy) is 1. The Bertz CT molecular complexity index is 493. The number of hydrogen-bond donors (Lipinski definition) is 2. The molecule has 0 saturated carbocycles. The smallest absolute Gasteiger partial charge is 0.124 e. The van der Waals surface area contributed by atoms with Gasteiger partial charge >= 0.3 is 0 Å². The van der Waals surface area contributed by atoms with Gasteiger partial charge in [-0.15, -0.1) is 12.4 Å². The van der Waals surface area contributed by atoms with Crippen LogP contribution in [-0.4, -0.2) is 49.4 Å². The molecular formula is C17H28BrClN2O2. The lowest BCUT2D eigenvalue weighted by molar-refractivity contribution is 0.0290. The number of hydrogen-bond acceptors (Lipinski definition) is 4. The summed E-state index contributed by atoms with van der Waals surface area (Å²) in [6.45, 7) is 10.9. The van der Waals surface area contributed by atoms with Gasteiger partial charge in [0, 0.05) is 54.3 Å². The summed E-state index contributed by atoms with van der Waals surface area (Å²) < 4.78 is 6.90. The molecule has 0 aromatic heterocycles. The number of rotatable bonds is 6.